The summed E-state index contributed by atoms with van der Waals surface area (Å²) in [6.45, 7) is 0. The van der Waals surface area contributed by atoms with Gasteiger partial charge in [-0.1, -0.05) is 17.7 Å². The molecule has 0 N–H and O–H groups in total. The van der Waals surface area contributed by atoms with E-state index < -0.39 is 9.84 Å². The van der Waals surface area contributed by atoms with Gasteiger partial charge in [0.25, 0.3) is 0 Å². The van der Waals surface area contributed by atoms with Crippen LogP contribution in [-0.2, 0) is 9.84 Å². The molecule has 7 heteroatoms. The van der Waals surface area contributed by atoms with Crippen LogP contribution in [0.15, 0.2) is 18.2 Å². The van der Waals surface area contributed by atoms with Gasteiger partial charge in [-0.25, -0.2) is 8.42 Å². The molecule has 0 atom stereocenters. The predicted molar refractivity (Wildman–Crippen MR) is 68.6 cm³/mol. The van der Waals surface area contributed by atoms with Gasteiger partial charge in [0.15, 0.2) is 5.65 Å². The molecule has 0 radical (unpaired) electrons. The number of fused-ring (bicyclic) bond motifs is 1. The van der Waals surface area contributed by atoms with Crippen molar-refractivity contribution < 1.29 is 8.42 Å². The van der Waals surface area contributed by atoms with Crippen molar-refractivity contribution in [3.63, 3.8) is 0 Å². The van der Waals surface area contributed by atoms with E-state index in [4.69, 9.17) is 11.6 Å². The van der Waals surface area contributed by atoms with Gasteiger partial charge >= 0.3 is 0 Å². The van der Waals surface area contributed by atoms with E-state index in [9.17, 15) is 8.42 Å². The van der Waals surface area contributed by atoms with Crippen LogP contribution in [0.4, 0.5) is 0 Å². The van der Waals surface area contributed by atoms with Crippen molar-refractivity contribution in [3.05, 3.63) is 29.2 Å². The molecule has 1 fully saturated rings. The van der Waals surface area contributed by atoms with Gasteiger partial charge < -0.3 is 0 Å². The predicted octanol–water partition coefficient (Wildman–Crippen LogP) is 1.67. The smallest absolute Gasteiger partial charge is 0.161 e. The summed E-state index contributed by atoms with van der Waals surface area (Å²) in [7, 11) is -2.86. The number of hydrogen-bond donors (Lipinski definition) is 0. The van der Waals surface area contributed by atoms with Crippen LogP contribution in [0, 0.1) is 0 Å². The van der Waals surface area contributed by atoms with E-state index in [2.05, 4.69) is 10.2 Å². The number of nitrogens with zero attached hydrogens (tertiary/aromatic N) is 3. The SMILES string of the molecule is O=S1(=O)CCC(c2nnc3cccc(Cl)n23)CC1. The van der Waals surface area contributed by atoms with E-state index in [1.165, 1.54) is 0 Å². The normalized spacial score (nSPS) is 20.3. The topological polar surface area (TPSA) is 64.3 Å². The molecule has 0 saturated carbocycles. The van der Waals surface area contributed by atoms with Crippen molar-refractivity contribution in [2.75, 3.05) is 11.5 Å². The monoisotopic (exact) mass is 285 g/mol. The second-order valence-electron chi connectivity index (χ2n) is 4.53. The zero-order valence-electron chi connectivity index (χ0n) is 9.58. The zero-order valence-corrected chi connectivity index (χ0v) is 11.2. The van der Waals surface area contributed by atoms with Crippen molar-refractivity contribution in [1.29, 1.82) is 0 Å². The molecule has 2 aromatic heterocycles. The Balaban J connectivity index is 2.01. The first-order valence-corrected chi connectivity index (χ1v) is 7.97. The lowest BCUT2D eigenvalue weighted by Crippen LogP contribution is -2.23. The van der Waals surface area contributed by atoms with Gasteiger partial charge in [0.2, 0.25) is 0 Å². The maximum absolute atomic E-state index is 11.4. The molecule has 0 aromatic carbocycles. The molecule has 1 saturated heterocycles. The van der Waals surface area contributed by atoms with E-state index in [-0.39, 0.29) is 17.4 Å². The first kappa shape index (κ1) is 11.9. The fraction of sp³-hybridized carbons (Fsp3) is 0.455. The van der Waals surface area contributed by atoms with Crippen LogP contribution >= 0.6 is 11.6 Å². The van der Waals surface area contributed by atoms with Gasteiger partial charge in [-0.3, -0.25) is 4.40 Å². The molecule has 5 nitrogen and oxygen atoms in total. The number of sulfone groups is 1. The number of halogens is 1. The molecule has 18 heavy (non-hydrogen) atoms. The van der Waals surface area contributed by atoms with Crippen molar-refractivity contribution in [2.45, 2.75) is 18.8 Å². The van der Waals surface area contributed by atoms with Crippen molar-refractivity contribution >= 4 is 27.1 Å². The second-order valence-corrected chi connectivity index (χ2v) is 7.22. The molecule has 0 spiro atoms. The van der Waals surface area contributed by atoms with Gasteiger partial charge in [-0.15, -0.1) is 10.2 Å². The lowest BCUT2D eigenvalue weighted by Gasteiger charge is -2.20. The molecule has 0 bridgehead atoms. The van der Waals surface area contributed by atoms with Crippen molar-refractivity contribution in [3.8, 4) is 0 Å². The molecule has 1 aliphatic rings. The van der Waals surface area contributed by atoms with E-state index in [0.29, 0.717) is 23.6 Å². The minimum Gasteiger partial charge on any atom is -0.269 e. The van der Waals surface area contributed by atoms with Gasteiger partial charge in [-0.2, -0.15) is 0 Å². The highest BCUT2D eigenvalue weighted by atomic mass is 35.5. The molecule has 96 valence electrons. The van der Waals surface area contributed by atoms with E-state index in [0.717, 1.165) is 5.82 Å². The summed E-state index contributed by atoms with van der Waals surface area (Å²) >= 11 is 6.14. The summed E-state index contributed by atoms with van der Waals surface area (Å²) in [6, 6.07) is 5.43. The molecule has 0 aliphatic carbocycles. The number of hydrogen-bond acceptors (Lipinski definition) is 4. The van der Waals surface area contributed by atoms with Crippen LogP contribution < -0.4 is 0 Å². The first-order chi connectivity index (χ1) is 8.57. The Bertz CT molecular complexity index is 681. The largest absolute Gasteiger partial charge is 0.269 e. The van der Waals surface area contributed by atoms with Crippen molar-refractivity contribution in [2.24, 2.45) is 0 Å². The minimum absolute atomic E-state index is 0.114. The highest BCUT2D eigenvalue weighted by Gasteiger charge is 2.28. The molecule has 3 rings (SSSR count). The third-order valence-corrected chi connectivity index (χ3v) is 5.34. The van der Waals surface area contributed by atoms with E-state index in [1.807, 2.05) is 12.1 Å². The summed E-state index contributed by atoms with van der Waals surface area (Å²) in [4.78, 5) is 0. The maximum atomic E-state index is 11.4. The Labute approximate surface area is 110 Å². The van der Waals surface area contributed by atoms with Crippen LogP contribution in [0.2, 0.25) is 5.15 Å². The van der Waals surface area contributed by atoms with Gasteiger partial charge in [0.1, 0.15) is 20.8 Å². The van der Waals surface area contributed by atoms with Crippen LogP contribution in [0.5, 0.6) is 0 Å². The molecule has 0 unspecified atom stereocenters. The Morgan fingerprint density at radius 1 is 1.22 bits per heavy atom. The molecule has 2 aromatic rings. The Morgan fingerprint density at radius 2 is 1.94 bits per heavy atom. The average molecular weight is 286 g/mol. The fourth-order valence-electron chi connectivity index (χ4n) is 2.34. The Morgan fingerprint density at radius 3 is 2.67 bits per heavy atom. The Kier molecular flexibility index (Phi) is 2.79. The molecule has 0 amide bonds. The lowest BCUT2D eigenvalue weighted by molar-refractivity contribution is 0.534. The third-order valence-electron chi connectivity index (χ3n) is 3.33. The van der Waals surface area contributed by atoms with Crippen LogP contribution in [0.1, 0.15) is 24.6 Å². The van der Waals surface area contributed by atoms with Gasteiger partial charge in [-0.05, 0) is 25.0 Å². The minimum atomic E-state index is -2.86. The molecular formula is C11H12ClN3O2S. The van der Waals surface area contributed by atoms with Gasteiger partial charge in [0.05, 0.1) is 11.5 Å². The van der Waals surface area contributed by atoms with Crippen LogP contribution in [0.25, 0.3) is 5.65 Å². The summed E-state index contributed by atoms with van der Waals surface area (Å²) in [5, 5.41) is 8.79. The first-order valence-electron chi connectivity index (χ1n) is 5.77. The highest BCUT2D eigenvalue weighted by Crippen LogP contribution is 2.29. The lowest BCUT2D eigenvalue weighted by atomic mass is 10.0. The van der Waals surface area contributed by atoms with Crippen LogP contribution in [-0.4, -0.2) is 34.5 Å². The van der Waals surface area contributed by atoms with Crippen LogP contribution in [0.3, 0.4) is 0 Å². The fourth-order valence-corrected chi connectivity index (χ4v) is 4.07. The summed E-state index contributed by atoms with van der Waals surface area (Å²) in [5.41, 5.74) is 0.700. The van der Waals surface area contributed by atoms with E-state index in [1.54, 1.807) is 10.5 Å². The summed E-state index contributed by atoms with van der Waals surface area (Å²) < 4.78 is 24.7. The highest BCUT2D eigenvalue weighted by molar-refractivity contribution is 7.91. The van der Waals surface area contributed by atoms with Crippen molar-refractivity contribution in [1.82, 2.24) is 14.6 Å². The Hall–Kier alpha value is -1.14. The summed E-state index contributed by atoms with van der Waals surface area (Å²) in [6.07, 6.45) is 1.18. The maximum Gasteiger partial charge on any atom is 0.161 e. The number of rotatable bonds is 1. The zero-order chi connectivity index (χ0) is 12.8. The van der Waals surface area contributed by atoms with Gasteiger partial charge in [0, 0.05) is 5.92 Å². The number of aromatic nitrogens is 3. The second kappa shape index (κ2) is 4.20. The molecule has 1 aliphatic heterocycles. The third kappa shape index (κ3) is 1.99. The average Bonchev–Trinajstić information content (AvgIpc) is 2.74. The standard InChI is InChI=1S/C11H12ClN3O2S/c12-9-2-1-3-10-13-14-11(15(9)10)8-4-6-18(16,17)7-5-8/h1-3,8H,4-7H2. The quantitative estimate of drug-likeness (QED) is 0.748. The molecular weight excluding hydrogens is 274 g/mol. The summed E-state index contributed by atoms with van der Waals surface area (Å²) in [5.74, 6) is 1.32. The molecule has 3 heterocycles. The number of pyridine rings is 1. The van der Waals surface area contributed by atoms with E-state index >= 15 is 0 Å².